The fourth-order valence-electron chi connectivity index (χ4n) is 2.99. The Morgan fingerprint density at radius 1 is 1.35 bits per heavy atom. The Morgan fingerprint density at radius 3 is 2.73 bits per heavy atom. The summed E-state index contributed by atoms with van der Waals surface area (Å²) in [5.41, 5.74) is 1.51. The summed E-state index contributed by atoms with van der Waals surface area (Å²) in [4.78, 5) is 27.0. The first-order chi connectivity index (χ1) is 12.2. The first-order valence-electron chi connectivity index (χ1n) is 9.13. The van der Waals surface area contributed by atoms with Gasteiger partial charge in [-0.1, -0.05) is 33.4 Å². The van der Waals surface area contributed by atoms with Gasteiger partial charge in [-0.15, -0.1) is 0 Å². The number of rotatable bonds is 6. The zero-order valence-electron chi connectivity index (χ0n) is 16.3. The van der Waals surface area contributed by atoms with Crippen molar-refractivity contribution in [1.82, 2.24) is 4.90 Å². The normalized spacial score (nSPS) is 17.1. The summed E-state index contributed by atoms with van der Waals surface area (Å²) in [6.45, 7) is 12.9. The number of anilines is 1. The van der Waals surface area contributed by atoms with Gasteiger partial charge in [-0.2, -0.15) is 0 Å². The van der Waals surface area contributed by atoms with E-state index in [-0.39, 0.29) is 17.2 Å². The second kappa shape index (κ2) is 8.39. The van der Waals surface area contributed by atoms with Gasteiger partial charge in [-0.05, 0) is 42.9 Å². The number of carbonyl (C=O) groups is 2. The van der Waals surface area contributed by atoms with Gasteiger partial charge < -0.3 is 15.0 Å². The molecule has 0 radical (unpaired) electrons. The molecular weight excluding hydrogens is 328 g/mol. The summed E-state index contributed by atoms with van der Waals surface area (Å²) in [6.07, 6.45) is 2.00. The highest BCUT2D eigenvalue weighted by Crippen LogP contribution is 2.26. The summed E-state index contributed by atoms with van der Waals surface area (Å²) in [7, 11) is 0. The van der Waals surface area contributed by atoms with Crippen LogP contribution in [-0.2, 0) is 9.59 Å². The van der Waals surface area contributed by atoms with Gasteiger partial charge in [0.1, 0.15) is 18.4 Å². The van der Waals surface area contributed by atoms with Crippen LogP contribution in [0.25, 0.3) is 0 Å². The number of hydrogen-bond donors (Lipinski definition) is 1. The largest absolute Gasteiger partial charge is 0.489 e. The standard InChI is InChI=1S/C21H30N2O3/c1-15(2)14-26-17-9-6-8-16(12-17)22-20(25)18-10-7-11-23(18)19(24)13-21(3,4)5/h6,8-9,12,18H,1,7,10-11,13-14H2,2-5H3,(H,22,25). The Bertz CT molecular complexity index is 676. The van der Waals surface area contributed by atoms with Crippen molar-refractivity contribution >= 4 is 17.5 Å². The lowest BCUT2D eigenvalue weighted by atomic mass is 9.91. The van der Waals surface area contributed by atoms with Gasteiger partial charge in [0.25, 0.3) is 0 Å². The van der Waals surface area contributed by atoms with E-state index in [0.29, 0.717) is 37.4 Å². The van der Waals surface area contributed by atoms with Gasteiger partial charge in [-0.3, -0.25) is 9.59 Å². The second-order valence-corrected chi connectivity index (χ2v) is 8.25. The molecule has 1 aliphatic rings. The molecule has 1 atom stereocenters. The molecule has 0 aliphatic carbocycles. The monoisotopic (exact) mass is 358 g/mol. The molecule has 1 aliphatic heterocycles. The third kappa shape index (κ3) is 5.90. The third-order valence-corrected chi connectivity index (χ3v) is 4.14. The topological polar surface area (TPSA) is 58.6 Å². The Kier molecular flexibility index (Phi) is 6.46. The van der Waals surface area contributed by atoms with E-state index in [1.54, 1.807) is 11.0 Å². The summed E-state index contributed by atoms with van der Waals surface area (Å²) in [6, 6.07) is 6.89. The van der Waals surface area contributed by atoms with Crippen LogP contribution < -0.4 is 10.1 Å². The number of ether oxygens (including phenoxy) is 1. The van der Waals surface area contributed by atoms with Crippen LogP contribution in [0, 0.1) is 5.41 Å². The maximum absolute atomic E-state index is 12.7. The molecule has 2 rings (SSSR count). The molecular formula is C21H30N2O3. The smallest absolute Gasteiger partial charge is 0.247 e. The number of likely N-dealkylation sites (tertiary alicyclic amines) is 1. The van der Waals surface area contributed by atoms with Gasteiger partial charge in [0.2, 0.25) is 11.8 Å². The fourth-order valence-corrected chi connectivity index (χ4v) is 2.99. The number of nitrogens with one attached hydrogen (secondary N) is 1. The lowest BCUT2D eigenvalue weighted by Gasteiger charge is -2.27. The van der Waals surface area contributed by atoms with Crippen LogP contribution in [-0.4, -0.2) is 35.9 Å². The lowest BCUT2D eigenvalue weighted by Crippen LogP contribution is -2.44. The van der Waals surface area contributed by atoms with Crippen molar-refractivity contribution in [3.05, 3.63) is 36.4 Å². The molecule has 5 nitrogen and oxygen atoms in total. The second-order valence-electron chi connectivity index (χ2n) is 8.25. The fraction of sp³-hybridized carbons (Fsp3) is 0.524. The van der Waals surface area contributed by atoms with E-state index in [9.17, 15) is 9.59 Å². The van der Waals surface area contributed by atoms with Crippen LogP contribution in [0.15, 0.2) is 36.4 Å². The highest BCUT2D eigenvalue weighted by molar-refractivity contribution is 5.97. The van der Waals surface area contributed by atoms with Crippen molar-refractivity contribution < 1.29 is 14.3 Å². The minimum atomic E-state index is -0.398. The maximum Gasteiger partial charge on any atom is 0.247 e. The van der Waals surface area contributed by atoms with E-state index < -0.39 is 6.04 Å². The molecule has 0 saturated carbocycles. The Labute approximate surface area is 156 Å². The molecule has 26 heavy (non-hydrogen) atoms. The highest BCUT2D eigenvalue weighted by Gasteiger charge is 2.35. The maximum atomic E-state index is 12.7. The molecule has 1 aromatic rings. The zero-order chi connectivity index (χ0) is 19.3. The molecule has 1 unspecified atom stereocenters. The number of hydrogen-bond acceptors (Lipinski definition) is 3. The van der Waals surface area contributed by atoms with E-state index in [1.807, 2.05) is 45.9 Å². The molecule has 1 saturated heterocycles. The van der Waals surface area contributed by atoms with Crippen LogP contribution in [0.5, 0.6) is 5.75 Å². The number of carbonyl (C=O) groups excluding carboxylic acids is 2. The third-order valence-electron chi connectivity index (χ3n) is 4.14. The molecule has 5 heteroatoms. The van der Waals surface area contributed by atoms with Crippen molar-refractivity contribution in [2.24, 2.45) is 5.41 Å². The van der Waals surface area contributed by atoms with Gasteiger partial charge in [0.05, 0.1) is 0 Å². The van der Waals surface area contributed by atoms with Gasteiger partial charge in [0, 0.05) is 24.7 Å². The summed E-state index contributed by atoms with van der Waals surface area (Å²) < 4.78 is 5.61. The van der Waals surface area contributed by atoms with Crippen molar-refractivity contribution in [2.75, 3.05) is 18.5 Å². The Morgan fingerprint density at radius 2 is 2.08 bits per heavy atom. The number of nitrogens with zero attached hydrogens (tertiary/aromatic N) is 1. The van der Waals surface area contributed by atoms with Gasteiger partial charge in [0.15, 0.2) is 0 Å². The molecule has 1 fully saturated rings. The summed E-state index contributed by atoms with van der Waals surface area (Å²) in [5.74, 6) is 0.591. The summed E-state index contributed by atoms with van der Waals surface area (Å²) >= 11 is 0. The van der Waals surface area contributed by atoms with Crippen LogP contribution in [0.3, 0.4) is 0 Å². The van der Waals surface area contributed by atoms with Crippen molar-refractivity contribution in [3.63, 3.8) is 0 Å². The Balaban J connectivity index is 2.01. The SMILES string of the molecule is C=C(C)COc1cccc(NC(=O)C2CCCN2C(=O)CC(C)(C)C)c1. The van der Waals surface area contributed by atoms with E-state index in [1.165, 1.54) is 0 Å². The average molecular weight is 358 g/mol. The molecule has 2 amide bonds. The lowest BCUT2D eigenvalue weighted by molar-refractivity contribution is -0.138. The van der Waals surface area contributed by atoms with Crippen molar-refractivity contribution in [1.29, 1.82) is 0 Å². The van der Waals surface area contributed by atoms with Gasteiger partial charge >= 0.3 is 0 Å². The van der Waals surface area contributed by atoms with Crippen molar-refractivity contribution in [2.45, 2.75) is 53.0 Å². The zero-order valence-corrected chi connectivity index (χ0v) is 16.3. The molecule has 142 valence electrons. The summed E-state index contributed by atoms with van der Waals surface area (Å²) in [5, 5.41) is 2.92. The Hall–Kier alpha value is -2.30. The highest BCUT2D eigenvalue weighted by atomic mass is 16.5. The number of benzene rings is 1. The number of amides is 2. The molecule has 0 spiro atoms. The molecule has 0 bridgehead atoms. The van der Waals surface area contributed by atoms with Crippen LogP contribution in [0.4, 0.5) is 5.69 Å². The quantitative estimate of drug-likeness (QED) is 0.782. The van der Waals surface area contributed by atoms with E-state index in [4.69, 9.17) is 4.74 Å². The minimum Gasteiger partial charge on any atom is -0.489 e. The molecule has 1 aromatic carbocycles. The average Bonchev–Trinajstić information content (AvgIpc) is 3.01. The first kappa shape index (κ1) is 20.0. The first-order valence-corrected chi connectivity index (χ1v) is 9.13. The van der Waals surface area contributed by atoms with E-state index in [2.05, 4.69) is 11.9 Å². The van der Waals surface area contributed by atoms with Gasteiger partial charge in [-0.25, -0.2) is 0 Å². The van der Waals surface area contributed by atoms with Crippen LogP contribution in [0.1, 0.15) is 47.0 Å². The van der Waals surface area contributed by atoms with Crippen LogP contribution >= 0.6 is 0 Å². The van der Waals surface area contributed by atoms with Crippen LogP contribution in [0.2, 0.25) is 0 Å². The molecule has 1 N–H and O–H groups in total. The predicted molar refractivity (Wildman–Crippen MR) is 104 cm³/mol. The minimum absolute atomic E-state index is 0.0497. The predicted octanol–water partition coefficient (Wildman–Crippen LogP) is 4.01. The van der Waals surface area contributed by atoms with E-state index >= 15 is 0 Å². The van der Waals surface area contributed by atoms with E-state index in [0.717, 1.165) is 12.0 Å². The van der Waals surface area contributed by atoms with Crippen molar-refractivity contribution in [3.8, 4) is 5.75 Å². The molecule has 1 heterocycles. The molecule has 0 aromatic heterocycles.